The summed E-state index contributed by atoms with van der Waals surface area (Å²) in [6.45, 7) is 2.27. The molecule has 0 bridgehead atoms. The lowest BCUT2D eigenvalue weighted by molar-refractivity contribution is -0.117. The second-order valence-corrected chi connectivity index (χ2v) is 6.60. The Balaban J connectivity index is 1.48. The van der Waals surface area contributed by atoms with Crippen molar-refractivity contribution in [2.24, 2.45) is 0 Å². The average Bonchev–Trinajstić information content (AvgIpc) is 3.25. The molecule has 0 atom stereocenters. The average molecular weight is 411 g/mol. The van der Waals surface area contributed by atoms with E-state index >= 15 is 0 Å². The molecule has 2 N–H and O–H groups in total. The topological polar surface area (TPSA) is 80.6 Å². The molecule has 0 fully saturated rings. The quantitative estimate of drug-likeness (QED) is 0.469. The van der Waals surface area contributed by atoms with E-state index in [1.807, 2.05) is 13.0 Å². The van der Waals surface area contributed by atoms with Crippen molar-refractivity contribution in [2.75, 3.05) is 0 Å². The number of hydrogen-bond donors (Lipinski definition) is 2. The first kappa shape index (κ1) is 20.2. The summed E-state index contributed by atoms with van der Waals surface area (Å²) in [6.07, 6.45) is 4.26. The molecule has 7 heteroatoms. The van der Waals surface area contributed by atoms with Gasteiger partial charge in [0.25, 0.3) is 11.8 Å². The molecule has 0 unspecified atom stereocenters. The van der Waals surface area contributed by atoms with Crippen LogP contribution in [0.3, 0.4) is 0 Å². The fraction of sp³-hybridized carbons (Fsp3) is 0.0909. The van der Waals surface area contributed by atoms with Crippen LogP contribution < -0.4 is 15.6 Å². The highest BCUT2D eigenvalue weighted by molar-refractivity contribution is 6.31. The summed E-state index contributed by atoms with van der Waals surface area (Å²) in [5, 5.41) is 0.691. The van der Waals surface area contributed by atoms with E-state index in [1.54, 1.807) is 48.5 Å². The highest BCUT2D eigenvalue weighted by Gasteiger charge is 2.07. The first-order valence-electron chi connectivity index (χ1n) is 8.81. The molecular formula is C22H19ClN2O4. The summed E-state index contributed by atoms with van der Waals surface area (Å²) < 4.78 is 10.8. The molecule has 148 valence electrons. The van der Waals surface area contributed by atoms with Crippen molar-refractivity contribution in [3.63, 3.8) is 0 Å². The smallest absolute Gasteiger partial charge is 0.269 e. The number of hydrogen-bond acceptors (Lipinski definition) is 4. The molecule has 1 heterocycles. The molecule has 6 nitrogen and oxygen atoms in total. The van der Waals surface area contributed by atoms with E-state index in [1.165, 1.54) is 18.4 Å². The molecule has 0 aliphatic heterocycles. The third-order valence-corrected chi connectivity index (χ3v) is 4.42. The number of hydrazine groups is 1. The van der Waals surface area contributed by atoms with Gasteiger partial charge in [-0.15, -0.1) is 0 Å². The van der Waals surface area contributed by atoms with Gasteiger partial charge in [-0.1, -0.05) is 23.7 Å². The van der Waals surface area contributed by atoms with Crippen LogP contribution in [0.1, 0.15) is 27.2 Å². The van der Waals surface area contributed by atoms with Gasteiger partial charge in [0.1, 0.15) is 18.1 Å². The zero-order valence-electron chi connectivity index (χ0n) is 15.6. The van der Waals surface area contributed by atoms with Crippen LogP contribution in [-0.2, 0) is 11.4 Å². The van der Waals surface area contributed by atoms with Crippen LogP contribution in [0.2, 0.25) is 5.02 Å². The van der Waals surface area contributed by atoms with E-state index in [0.29, 0.717) is 23.0 Å². The second kappa shape index (κ2) is 9.61. The molecule has 0 aliphatic carbocycles. The molecule has 3 aromatic rings. The monoisotopic (exact) mass is 410 g/mol. The van der Waals surface area contributed by atoms with Gasteiger partial charge < -0.3 is 9.15 Å². The zero-order valence-corrected chi connectivity index (χ0v) is 16.4. The van der Waals surface area contributed by atoms with Crippen molar-refractivity contribution in [3.8, 4) is 5.75 Å². The molecule has 1 aromatic heterocycles. The molecule has 0 spiro atoms. The number of ether oxygens (including phenoxy) is 1. The molecule has 2 aromatic carbocycles. The second-order valence-electron chi connectivity index (χ2n) is 6.19. The maximum absolute atomic E-state index is 12.1. The van der Waals surface area contributed by atoms with Gasteiger partial charge in [-0.05, 0) is 66.6 Å². The van der Waals surface area contributed by atoms with E-state index in [-0.39, 0.29) is 0 Å². The summed E-state index contributed by atoms with van der Waals surface area (Å²) >= 11 is 6.00. The number of nitrogens with one attached hydrogen (secondary N) is 2. The van der Waals surface area contributed by atoms with Gasteiger partial charge in [-0.3, -0.25) is 20.4 Å². The first-order valence-corrected chi connectivity index (χ1v) is 9.19. The molecule has 2 amide bonds. The highest BCUT2D eigenvalue weighted by atomic mass is 35.5. The minimum Gasteiger partial charge on any atom is -0.489 e. The minimum absolute atomic E-state index is 0.358. The van der Waals surface area contributed by atoms with Crippen LogP contribution in [0.4, 0.5) is 0 Å². The normalized spacial score (nSPS) is 10.7. The predicted molar refractivity (Wildman–Crippen MR) is 110 cm³/mol. The number of rotatable bonds is 6. The molecule has 0 saturated heterocycles. The number of carbonyl (C=O) groups excluding carboxylic acids is 2. The van der Waals surface area contributed by atoms with Gasteiger partial charge in [0, 0.05) is 16.7 Å². The summed E-state index contributed by atoms with van der Waals surface area (Å²) in [7, 11) is 0. The number of aryl methyl sites for hydroxylation is 1. The van der Waals surface area contributed by atoms with Crippen molar-refractivity contribution in [1.82, 2.24) is 10.9 Å². The maximum atomic E-state index is 12.1. The van der Waals surface area contributed by atoms with Crippen LogP contribution in [0, 0.1) is 6.92 Å². The Morgan fingerprint density at radius 3 is 2.59 bits per heavy atom. The highest BCUT2D eigenvalue weighted by Crippen LogP contribution is 2.21. The largest absolute Gasteiger partial charge is 0.489 e. The van der Waals surface area contributed by atoms with Crippen LogP contribution >= 0.6 is 11.6 Å². The standard InChI is InChI=1S/C22H19ClN2O4/c1-15-13-19(8-10-20(15)23)29-14-16-4-6-17(7-5-16)22(27)25-24-21(26)11-9-18-3-2-12-28-18/h2-13H,14H2,1H3,(H,24,26)(H,25,27)/b11-9+. The summed E-state index contributed by atoms with van der Waals surface area (Å²) in [5.74, 6) is 0.362. The van der Waals surface area contributed by atoms with Crippen molar-refractivity contribution in [3.05, 3.63) is 94.4 Å². The Morgan fingerprint density at radius 1 is 1.10 bits per heavy atom. The molecule has 0 saturated carbocycles. The Hall–Kier alpha value is -3.51. The van der Waals surface area contributed by atoms with E-state index < -0.39 is 11.8 Å². The number of amides is 2. The van der Waals surface area contributed by atoms with Gasteiger partial charge in [0.2, 0.25) is 0 Å². The van der Waals surface area contributed by atoms with Crippen molar-refractivity contribution in [1.29, 1.82) is 0 Å². The Morgan fingerprint density at radius 2 is 1.90 bits per heavy atom. The van der Waals surface area contributed by atoms with E-state index in [4.69, 9.17) is 20.8 Å². The Bertz CT molecular complexity index is 1010. The summed E-state index contributed by atoms with van der Waals surface area (Å²) in [6, 6.07) is 15.8. The van der Waals surface area contributed by atoms with Crippen molar-refractivity contribution < 1.29 is 18.7 Å². The van der Waals surface area contributed by atoms with Gasteiger partial charge in [0.05, 0.1) is 6.26 Å². The lowest BCUT2D eigenvalue weighted by Gasteiger charge is -2.09. The SMILES string of the molecule is Cc1cc(OCc2ccc(C(=O)NNC(=O)/C=C/c3ccco3)cc2)ccc1Cl. The van der Waals surface area contributed by atoms with Crippen LogP contribution in [0.5, 0.6) is 5.75 Å². The van der Waals surface area contributed by atoms with Gasteiger partial charge in [-0.2, -0.15) is 0 Å². The fourth-order valence-corrected chi connectivity index (χ4v) is 2.52. The van der Waals surface area contributed by atoms with Crippen LogP contribution in [0.25, 0.3) is 6.08 Å². The number of halogens is 1. The third-order valence-electron chi connectivity index (χ3n) is 3.99. The summed E-state index contributed by atoms with van der Waals surface area (Å²) in [5.41, 5.74) is 6.92. The number of benzene rings is 2. The van der Waals surface area contributed by atoms with Crippen molar-refractivity contribution >= 4 is 29.5 Å². The zero-order chi connectivity index (χ0) is 20.6. The maximum Gasteiger partial charge on any atom is 0.269 e. The fourth-order valence-electron chi connectivity index (χ4n) is 2.40. The van der Waals surface area contributed by atoms with Crippen molar-refractivity contribution in [2.45, 2.75) is 13.5 Å². The molecule has 0 aliphatic rings. The lowest BCUT2D eigenvalue weighted by Crippen LogP contribution is -2.40. The van der Waals surface area contributed by atoms with Crippen LogP contribution in [0.15, 0.2) is 71.4 Å². The lowest BCUT2D eigenvalue weighted by atomic mass is 10.1. The number of carbonyl (C=O) groups is 2. The predicted octanol–water partition coefficient (Wildman–Crippen LogP) is 4.29. The van der Waals surface area contributed by atoms with Gasteiger partial charge in [-0.25, -0.2) is 0 Å². The van der Waals surface area contributed by atoms with E-state index in [2.05, 4.69) is 10.9 Å². The van der Waals surface area contributed by atoms with Crippen LogP contribution in [-0.4, -0.2) is 11.8 Å². The molecule has 29 heavy (non-hydrogen) atoms. The van der Waals surface area contributed by atoms with E-state index in [0.717, 1.165) is 16.9 Å². The molecule has 0 radical (unpaired) electrons. The first-order chi connectivity index (χ1) is 14.0. The summed E-state index contributed by atoms with van der Waals surface area (Å²) in [4.78, 5) is 23.8. The molecule has 3 rings (SSSR count). The Kier molecular flexibility index (Phi) is 6.71. The van der Waals surface area contributed by atoms with Gasteiger partial charge in [0.15, 0.2) is 0 Å². The third kappa shape index (κ3) is 5.99. The van der Waals surface area contributed by atoms with E-state index in [9.17, 15) is 9.59 Å². The minimum atomic E-state index is -0.474. The Labute approximate surface area is 173 Å². The van der Waals surface area contributed by atoms with Gasteiger partial charge >= 0.3 is 0 Å². The molecular weight excluding hydrogens is 392 g/mol. The number of furan rings is 1.